The first-order valence-electron chi connectivity index (χ1n) is 16.0. The fraction of sp³-hybridized carbons (Fsp3) is 0.143. The number of fused-ring (bicyclic) bond motifs is 12. The Bertz CT molecular complexity index is 1650. The monoisotopic (exact) mass is 642 g/mol. The van der Waals surface area contributed by atoms with Gasteiger partial charge in [-0.3, -0.25) is 0 Å². The zero-order valence-corrected chi connectivity index (χ0v) is 27.3. The van der Waals surface area contributed by atoms with Gasteiger partial charge in [0.25, 0.3) is 0 Å². The zero-order valence-electron chi connectivity index (χ0n) is 27.3. The Morgan fingerprint density at radius 2 is 0.429 bits per heavy atom. The third kappa shape index (κ3) is 6.71. The third-order valence-corrected chi connectivity index (χ3v) is 9.48. The molecule has 1 aliphatic carbocycles. The maximum Gasteiger partial charge on any atom is 1.00 e. The molecule has 49 heavy (non-hydrogen) atoms. The minimum atomic E-state index is -0.149. The van der Waals surface area contributed by atoms with Gasteiger partial charge in [0.1, 0.15) is 28.7 Å². The molecule has 7 rings (SSSR count). The molecule has 0 saturated heterocycles. The number of hydrogen-bond acceptors (Lipinski definition) is 6. The van der Waals surface area contributed by atoms with Gasteiger partial charge in [-0.25, -0.2) is 0 Å². The van der Waals surface area contributed by atoms with E-state index in [4.69, 9.17) is 0 Å². The van der Waals surface area contributed by atoms with E-state index in [1.54, 1.807) is 36.4 Å². The van der Waals surface area contributed by atoms with Crippen molar-refractivity contribution >= 4 is 0 Å². The summed E-state index contributed by atoms with van der Waals surface area (Å²) in [7, 11) is 0. The molecule has 7 heteroatoms. The molecule has 6 nitrogen and oxygen atoms in total. The Hall–Kier alpha value is -5.28. The summed E-state index contributed by atoms with van der Waals surface area (Å²) in [4.78, 5) is 0. The van der Waals surface area contributed by atoms with Gasteiger partial charge in [0.2, 0.25) is 0 Å². The SMILES string of the molecule is [Li+].[O-]c1c2cccc1Cc1cccc(c1O)Cc1cccc(c1O)Cc1cccc(c1O)Cc1cccc(c1O)Cc1cccc(c1O)C2. The summed E-state index contributed by atoms with van der Waals surface area (Å²) >= 11 is 0. The van der Waals surface area contributed by atoms with Crippen molar-refractivity contribution in [2.24, 2.45) is 0 Å². The molecule has 0 radical (unpaired) electrons. The Morgan fingerprint density at radius 1 is 0.286 bits per heavy atom. The number of benzene rings is 6. The van der Waals surface area contributed by atoms with Crippen LogP contribution in [0.3, 0.4) is 0 Å². The van der Waals surface area contributed by atoms with Crippen LogP contribution < -0.4 is 24.0 Å². The molecule has 6 aromatic carbocycles. The molecule has 6 aromatic rings. The molecule has 0 heterocycles. The molecule has 0 amide bonds. The average molecular weight is 643 g/mol. The number of phenolic OH excluding ortho intramolecular Hbond substituents is 5. The molecule has 0 fully saturated rings. The van der Waals surface area contributed by atoms with Gasteiger partial charge in [-0.05, 0) is 55.6 Å². The van der Waals surface area contributed by atoms with Crippen molar-refractivity contribution in [3.8, 4) is 34.5 Å². The van der Waals surface area contributed by atoms with E-state index in [2.05, 4.69) is 0 Å². The van der Waals surface area contributed by atoms with Gasteiger partial charge in [0, 0.05) is 38.5 Å². The molecule has 12 bridgehead atoms. The van der Waals surface area contributed by atoms with Crippen molar-refractivity contribution in [2.75, 3.05) is 0 Å². The van der Waals surface area contributed by atoms with Crippen LogP contribution in [0.15, 0.2) is 109 Å². The third-order valence-electron chi connectivity index (χ3n) is 9.48. The van der Waals surface area contributed by atoms with Crippen LogP contribution >= 0.6 is 0 Å². The number of rotatable bonds is 0. The van der Waals surface area contributed by atoms with Gasteiger partial charge < -0.3 is 30.6 Å². The number of phenols is 5. The van der Waals surface area contributed by atoms with Crippen LogP contribution in [-0.4, -0.2) is 25.5 Å². The van der Waals surface area contributed by atoms with Crippen LogP contribution in [0.25, 0.3) is 0 Å². The molecular weight excluding hydrogens is 607 g/mol. The van der Waals surface area contributed by atoms with Gasteiger partial charge >= 0.3 is 18.9 Å². The molecule has 0 spiro atoms. The van der Waals surface area contributed by atoms with E-state index in [0.29, 0.717) is 66.8 Å². The first kappa shape index (κ1) is 33.6. The number of aromatic hydroxyl groups is 5. The van der Waals surface area contributed by atoms with Crippen LogP contribution in [0.4, 0.5) is 0 Å². The van der Waals surface area contributed by atoms with Crippen molar-refractivity contribution in [1.29, 1.82) is 0 Å². The molecule has 0 saturated carbocycles. The van der Waals surface area contributed by atoms with Gasteiger partial charge in [0.15, 0.2) is 0 Å². The van der Waals surface area contributed by atoms with E-state index in [1.165, 1.54) is 0 Å². The predicted octanol–water partition coefficient (Wildman–Crippen LogP) is 4.15. The smallest absolute Gasteiger partial charge is 0.872 e. The molecule has 0 aromatic heterocycles. The number of hydrogen-bond donors (Lipinski definition) is 5. The van der Waals surface area contributed by atoms with E-state index >= 15 is 0 Å². The van der Waals surface area contributed by atoms with Crippen molar-refractivity contribution in [3.63, 3.8) is 0 Å². The standard InChI is InChI=1S/C42H36O6.Li/c43-37-25-7-1-8-26(37)20-28-10-3-12-30(39(28)45)22-32-14-5-16-34(41(32)47)24-36-18-6-17-35(42(36)48)23-33-15-4-13-31(40(33)46)21-29-11-2-9-27(19-25)38(29)44;/h1-18,43-48H,19-24H2;/q;+1/p-1. The fourth-order valence-electron chi connectivity index (χ4n) is 6.80. The summed E-state index contributed by atoms with van der Waals surface area (Å²) in [6.07, 6.45) is 1.51. The van der Waals surface area contributed by atoms with E-state index in [-0.39, 0.29) is 91.9 Å². The van der Waals surface area contributed by atoms with Gasteiger partial charge in [0.05, 0.1) is 0 Å². The van der Waals surface area contributed by atoms with Gasteiger partial charge in [-0.2, -0.15) is 0 Å². The molecule has 240 valence electrons. The molecule has 1 aliphatic rings. The minimum Gasteiger partial charge on any atom is -0.872 e. The molecule has 0 unspecified atom stereocenters. The Balaban J connectivity index is 0.00000417. The van der Waals surface area contributed by atoms with Crippen LogP contribution in [0.2, 0.25) is 0 Å². The van der Waals surface area contributed by atoms with E-state index in [0.717, 1.165) is 0 Å². The van der Waals surface area contributed by atoms with Crippen LogP contribution in [-0.2, 0) is 38.5 Å². The minimum absolute atomic E-state index is 0. The van der Waals surface area contributed by atoms with Crippen LogP contribution in [0.1, 0.15) is 66.8 Å². The summed E-state index contributed by atoms with van der Waals surface area (Å²) in [5.74, 6) is 0.273. The van der Waals surface area contributed by atoms with E-state index < -0.39 is 0 Å². The Morgan fingerprint density at radius 3 is 0.612 bits per heavy atom. The maximum absolute atomic E-state index is 13.7. The molecule has 0 aliphatic heterocycles. The van der Waals surface area contributed by atoms with Gasteiger partial charge in [-0.1, -0.05) is 120 Å². The Labute approximate surface area is 297 Å². The average Bonchev–Trinajstić information content (AvgIpc) is 3.07. The first-order chi connectivity index (χ1) is 23.3. The normalized spacial score (nSPS) is 12.7. The summed E-state index contributed by atoms with van der Waals surface area (Å²) < 4.78 is 0. The molecule has 0 atom stereocenters. The van der Waals surface area contributed by atoms with Crippen molar-refractivity contribution in [3.05, 3.63) is 176 Å². The van der Waals surface area contributed by atoms with Crippen molar-refractivity contribution in [1.82, 2.24) is 0 Å². The fourth-order valence-corrected chi connectivity index (χ4v) is 6.80. The van der Waals surface area contributed by atoms with E-state index in [9.17, 15) is 30.6 Å². The van der Waals surface area contributed by atoms with Crippen molar-refractivity contribution in [2.45, 2.75) is 38.5 Å². The maximum atomic E-state index is 13.7. The summed E-state index contributed by atoms with van der Waals surface area (Å²) in [5, 5.41) is 70.3. The van der Waals surface area contributed by atoms with Crippen LogP contribution in [0, 0.1) is 0 Å². The van der Waals surface area contributed by atoms with E-state index in [1.807, 2.05) is 72.8 Å². The largest absolute Gasteiger partial charge is 1.00 e. The first-order valence-corrected chi connectivity index (χ1v) is 16.0. The van der Waals surface area contributed by atoms with Gasteiger partial charge in [-0.15, -0.1) is 5.75 Å². The second kappa shape index (κ2) is 14.1. The summed E-state index contributed by atoms with van der Waals surface area (Å²) in [5.41, 5.74) is 7.26. The van der Waals surface area contributed by atoms with Crippen LogP contribution in [0.5, 0.6) is 34.5 Å². The second-order valence-corrected chi connectivity index (χ2v) is 12.6. The summed E-state index contributed by atoms with van der Waals surface area (Å²) in [6, 6.07) is 32.6. The molecule has 5 N–H and O–H groups in total. The number of para-hydroxylation sites is 6. The Kier molecular flexibility index (Phi) is 9.64. The quantitative estimate of drug-likeness (QED) is 0.159. The van der Waals surface area contributed by atoms with Crippen molar-refractivity contribution < 1.29 is 49.5 Å². The topological polar surface area (TPSA) is 124 Å². The zero-order chi connectivity index (χ0) is 33.4. The predicted molar refractivity (Wildman–Crippen MR) is 183 cm³/mol. The second-order valence-electron chi connectivity index (χ2n) is 12.6. The molecular formula is C42H35LiO6. The summed E-state index contributed by atoms with van der Waals surface area (Å²) in [6.45, 7) is 0.